The van der Waals surface area contributed by atoms with Crippen molar-refractivity contribution >= 4 is 80.1 Å². The molecule has 0 amide bonds. The summed E-state index contributed by atoms with van der Waals surface area (Å²) in [6.45, 7) is 4.69. The lowest BCUT2D eigenvalue weighted by Gasteiger charge is -2.27. The number of hydrogen-bond donors (Lipinski definition) is 0. The summed E-state index contributed by atoms with van der Waals surface area (Å²) in [6, 6.07) is 56.4. The van der Waals surface area contributed by atoms with Crippen LogP contribution >= 0.6 is 22.7 Å². The predicted molar refractivity (Wildman–Crippen MR) is 210 cm³/mol. The third kappa shape index (κ3) is 4.14. The van der Waals surface area contributed by atoms with E-state index in [0.717, 1.165) is 11.4 Å². The molecule has 228 valence electrons. The Bertz CT molecular complexity index is 2710. The van der Waals surface area contributed by atoms with Crippen molar-refractivity contribution in [1.82, 2.24) is 0 Å². The number of hydrogen-bond acceptors (Lipinski definition) is 3. The van der Waals surface area contributed by atoms with Gasteiger partial charge in [-0.3, -0.25) is 0 Å². The Labute approximate surface area is 288 Å². The maximum atomic E-state index is 2.43. The van der Waals surface area contributed by atoms with Gasteiger partial charge in [0.25, 0.3) is 0 Å². The van der Waals surface area contributed by atoms with Crippen LogP contribution in [0.3, 0.4) is 0 Å². The van der Waals surface area contributed by atoms with Crippen molar-refractivity contribution in [3.8, 4) is 22.3 Å². The standard InChI is InChI=1S/C45H31NS2/c1-45(2)39-12-6-3-9-33(39)36-26-31(20-22-40(36)45)46(32-21-24-44-38(27-32)35-11-5-8-14-42(35)48-44)30-18-15-28(16-19-30)29-17-23-43-37(25-29)34-10-4-7-13-41(34)47-43/h3-27H,1-2H3. The molecule has 2 aromatic heterocycles. The molecule has 1 aliphatic rings. The SMILES string of the molecule is CC1(C)c2ccccc2-c2cc(N(c3ccc(-c4ccc5sc6ccccc6c5c4)cc3)c3ccc4sc5ccccc5c4c3)ccc21. The Morgan fingerprint density at radius 3 is 1.67 bits per heavy atom. The van der Waals surface area contributed by atoms with Gasteiger partial charge in [0.15, 0.2) is 0 Å². The molecule has 48 heavy (non-hydrogen) atoms. The van der Waals surface area contributed by atoms with Gasteiger partial charge < -0.3 is 4.90 Å². The molecule has 0 aliphatic heterocycles. The highest BCUT2D eigenvalue weighted by molar-refractivity contribution is 7.26. The molecule has 0 radical (unpaired) electrons. The monoisotopic (exact) mass is 649 g/mol. The molecule has 0 N–H and O–H groups in total. The maximum absolute atomic E-state index is 2.43. The first-order chi connectivity index (χ1) is 23.5. The highest BCUT2D eigenvalue weighted by Gasteiger charge is 2.35. The molecular formula is C45H31NS2. The Balaban J connectivity index is 1.13. The number of thiophene rings is 2. The smallest absolute Gasteiger partial charge is 0.0468 e. The highest BCUT2D eigenvalue weighted by Crippen LogP contribution is 2.51. The van der Waals surface area contributed by atoms with Gasteiger partial charge in [0.05, 0.1) is 0 Å². The largest absolute Gasteiger partial charge is 0.310 e. The predicted octanol–water partition coefficient (Wildman–Crippen LogP) is 13.9. The molecule has 0 saturated carbocycles. The number of fused-ring (bicyclic) bond motifs is 9. The van der Waals surface area contributed by atoms with Crippen LogP contribution in [0.15, 0.2) is 152 Å². The van der Waals surface area contributed by atoms with Crippen molar-refractivity contribution in [2.45, 2.75) is 19.3 Å². The molecule has 1 aliphatic carbocycles. The van der Waals surface area contributed by atoms with E-state index in [1.54, 1.807) is 0 Å². The summed E-state index contributed by atoms with van der Waals surface area (Å²) in [5.74, 6) is 0. The van der Waals surface area contributed by atoms with Crippen LogP contribution in [0.25, 0.3) is 62.6 Å². The summed E-state index contributed by atoms with van der Waals surface area (Å²) >= 11 is 3.73. The van der Waals surface area contributed by atoms with E-state index in [0.29, 0.717) is 0 Å². The van der Waals surface area contributed by atoms with E-state index in [1.807, 2.05) is 22.7 Å². The zero-order valence-corrected chi connectivity index (χ0v) is 28.3. The number of nitrogens with zero attached hydrogens (tertiary/aromatic N) is 1. The van der Waals surface area contributed by atoms with Crippen molar-refractivity contribution in [3.05, 3.63) is 163 Å². The Morgan fingerprint density at radius 1 is 0.396 bits per heavy atom. The molecule has 7 aromatic carbocycles. The van der Waals surface area contributed by atoms with E-state index < -0.39 is 0 Å². The lowest BCUT2D eigenvalue weighted by atomic mass is 9.82. The number of anilines is 3. The zero-order chi connectivity index (χ0) is 32.0. The van der Waals surface area contributed by atoms with Crippen LogP contribution in [-0.4, -0.2) is 0 Å². The molecule has 0 fully saturated rings. The maximum Gasteiger partial charge on any atom is 0.0468 e. The van der Waals surface area contributed by atoms with Crippen LogP contribution in [0.5, 0.6) is 0 Å². The van der Waals surface area contributed by atoms with E-state index in [4.69, 9.17) is 0 Å². The van der Waals surface area contributed by atoms with Crippen LogP contribution in [0.2, 0.25) is 0 Å². The average molecular weight is 650 g/mol. The third-order valence-corrected chi connectivity index (χ3v) is 12.6. The third-order valence-electron chi connectivity index (χ3n) is 10.3. The fourth-order valence-corrected chi connectivity index (χ4v) is 10.0. The normalized spacial score (nSPS) is 13.4. The second-order valence-electron chi connectivity index (χ2n) is 13.4. The van der Waals surface area contributed by atoms with Crippen LogP contribution in [0.1, 0.15) is 25.0 Å². The van der Waals surface area contributed by atoms with Gasteiger partial charge in [-0.1, -0.05) is 98.8 Å². The van der Waals surface area contributed by atoms with Gasteiger partial charge in [0.2, 0.25) is 0 Å². The van der Waals surface area contributed by atoms with Crippen LogP contribution < -0.4 is 4.90 Å². The highest BCUT2D eigenvalue weighted by atomic mass is 32.1. The van der Waals surface area contributed by atoms with Crippen molar-refractivity contribution in [2.75, 3.05) is 4.90 Å². The van der Waals surface area contributed by atoms with E-state index in [1.165, 1.54) is 79.4 Å². The lowest BCUT2D eigenvalue weighted by molar-refractivity contribution is 0.660. The second kappa shape index (κ2) is 10.4. The molecular weight excluding hydrogens is 619 g/mol. The average Bonchev–Trinajstić information content (AvgIpc) is 3.76. The minimum absolute atomic E-state index is 0.0275. The first-order valence-corrected chi connectivity index (χ1v) is 18.1. The Kier molecular flexibility index (Phi) is 6.03. The minimum Gasteiger partial charge on any atom is -0.310 e. The fourth-order valence-electron chi connectivity index (χ4n) is 7.86. The van der Waals surface area contributed by atoms with Crippen LogP contribution in [-0.2, 0) is 5.41 Å². The molecule has 3 heteroatoms. The molecule has 0 saturated heterocycles. The fraction of sp³-hybridized carbons (Fsp3) is 0.0667. The van der Waals surface area contributed by atoms with E-state index >= 15 is 0 Å². The first kappa shape index (κ1) is 27.9. The molecule has 10 rings (SSSR count). The molecule has 9 aromatic rings. The van der Waals surface area contributed by atoms with Gasteiger partial charge in [-0.05, 0) is 100 Å². The summed E-state index contributed by atoms with van der Waals surface area (Å²) in [7, 11) is 0. The van der Waals surface area contributed by atoms with Crippen molar-refractivity contribution in [1.29, 1.82) is 0 Å². The molecule has 0 atom stereocenters. The van der Waals surface area contributed by atoms with E-state index in [9.17, 15) is 0 Å². The van der Waals surface area contributed by atoms with Gasteiger partial charge in [-0.15, -0.1) is 22.7 Å². The van der Waals surface area contributed by atoms with Crippen LogP contribution in [0, 0.1) is 0 Å². The van der Waals surface area contributed by atoms with Gasteiger partial charge in [-0.25, -0.2) is 0 Å². The molecule has 0 bridgehead atoms. The molecule has 0 spiro atoms. The van der Waals surface area contributed by atoms with Gasteiger partial charge >= 0.3 is 0 Å². The quantitative estimate of drug-likeness (QED) is 0.183. The van der Waals surface area contributed by atoms with Crippen molar-refractivity contribution in [2.24, 2.45) is 0 Å². The van der Waals surface area contributed by atoms with Gasteiger partial charge in [0.1, 0.15) is 0 Å². The van der Waals surface area contributed by atoms with Crippen molar-refractivity contribution < 1.29 is 0 Å². The second-order valence-corrected chi connectivity index (χ2v) is 15.5. The van der Waals surface area contributed by atoms with E-state index in [-0.39, 0.29) is 5.41 Å². The molecule has 1 nitrogen and oxygen atoms in total. The summed E-state index contributed by atoms with van der Waals surface area (Å²) in [4.78, 5) is 2.43. The van der Waals surface area contributed by atoms with E-state index in [2.05, 4.69) is 170 Å². The van der Waals surface area contributed by atoms with Crippen LogP contribution in [0.4, 0.5) is 17.1 Å². The summed E-state index contributed by atoms with van der Waals surface area (Å²) in [5, 5.41) is 5.28. The van der Waals surface area contributed by atoms with Gasteiger partial charge in [-0.2, -0.15) is 0 Å². The van der Waals surface area contributed by atoms with Gasteiger partial charge in [0, 0.05) is 62.8 Å². The Morgan fingerprint density at radius 2 is 0.917 bits per heavy atom. The molecule has 0 unspecified atom stereocenters. The Hall–Kier alpha value is -5.22. The summed E-state index contributed by atoms with van der Waals surface area (Å²) in [5.41, 5.74) is 11.4. The topological polar surface area (TPSA) is 3.24 Å². The minimum atomic E-state index is -0.0275. The number of rotatable bonds is 4. The van der Waals surface area contributed by atoms with Crippen molar-refractivity contribution in [3.63, 3.8) is 0 Å². The molecule has 2 heterocycles. The zero-order valence-electron chi connectivity index (χ0n) is 26.7. The summed E-state index contributed by atoms with van der Waals surface area (Å²) in [6.07, 6.45) is 0. The lowest BCUT2D eigenvalue weighted by Crippen LogP contribution is -2.15. The number of benzene rings is 7. The summed E-state index contributed by atoms with van der Waals surface area (Å²) < 4.78 is 5.32. The first-order valence-electron chi connectivity index (χ1n) is 16.5.